The fourth-order valence-electron chi connectivity index (χ4n) is 2.77. The van der Waals surface area contributed by atoms with Crippen molar-refractivity contribution < 1.29 is 14.3 Å². The molecule has 1 aromatic rings. The van der Waals surface area contributed by atoms with Gasteiger partial charge < -0.3 is 15.0 Å². The highest BCUT2D eigenvalue weighted by Crippen LogP contribution is 2.24. The number of likely N-dealkylation sites (tertiary alicyclic amines) is 1. The molecule has 0 spiro atoms. The summed E-state index contributed by atoms with van der Waals surface area (Å²) in [5.74, 6) is 0.595. The van der Waals surface area contributed by atoms with Gasteiger partial charge >= 0.3 is 0 Å². The third-order valence-corrected chi connectivity index (χ3v) is 3.98. The van der Waals surface area contributed by atoms with Gasteiger partial charge in [0.05, 0.1) is 13.0 Å². The van der Waals surface area contributed by atoms with E-state index in [4.69, 9.17) is 4.74 Å². The number of carbonyl (C=O) groups excluding carboxylic acids is 2. The normalized spacial score (nSPS) is 17.2. The molecule has 2 rings (SSSR count). The second-order valence-electron chi connectivity index (χ2n) is 5.37. The van der Waals surface area contributed by atoms with Gasteiger partial charge in [-0.25, -0.2) is 0 Å². The van der Waals surface area contributed by atoms with Crippen molar-refractivity contribution in [2.75, 3.05) is 27.2 Å². The van der Waals surface area contributed by atoms with Crippen molar-refractivity contribution in [1.29, 1.82) is 0 Å². The second kappa shape index (κ2) is 7.11. The van der Waals surface area contributed by atoms with Crippen LogP contribution in [-0.2, 0) is 11.2 Å². The molecule has 5 nitrogen and oxygen atoms in total. The summed E-state index contributed by atoms with van der Waals surface area (Å²) in [4.78, 5) is 26.0. The number of ether oxygens (including phenoxy) is 1. The van der Waals surface area contributed by atoms with E-state index in [1.165, 1.54) is 0 Å². The average molecular weight is 302 g/mol. The minimum Gasteiger partial charge on any atom is -0.496 e. The smallest absolute Gasteiger partial charge is 0.253 e. The van der Waals surface area contributed by atoms with Gasteiger partial charge in [-0.1, -0.05) is 6.08 Å². The van der Waals surface area contributed by atoms with E-state index in [1.807, 2.05) is 6.07 Å². The molecule has 2 amide bonds. The Bertz CT molecular complexity index is 583. The molecule has 1 aromatic carbocycles. The van der Waals surface area contributed by atoms with Crippen molar-refractivity contribution in [3.63, 3.8) is 0 Å². The Labute approximate surface area is 130 Å². The zero-order chi connectivity index (χ0) is 16.1. The number of amides is 2. The van der Waals surface area contributed by atoms with Gasteiger partial charge in [0, 0.05) is 25.7 Å². The van der Waals surface area contributed by atoms with E-state index in [2.05, 4.69) is 11.9 Å². The highest BCUT2D eigenvalue weighted by Gasteiger charge is 2.31. The molecule has 1 fully saturated rings. The zero-order valence-electron chi connectivity index (χ0n) is 13.1. The molecule has 118 valence electrons. The number of benzene rings is 1. The van der Waals surface area contributed by atoms with Crippen LogP contribution < -0.4 is 10.1 Å². The van der Waals surface area contributed by atoms with Gasteiger partial charge in [0.2, 0.25) is 5.91 Å². The number of hydrogen-bond donors (Lipinski definition) is 1. The topological polar surface area (TPSA) is 58.6 Å². The van der Waals surface area contributed by atoms with Gasteiger partial charge in [0.1, 0.15) is 5.75 Å². The van der Waals surface area contributed by atoms with Gasteiger partial charge in [0.15, 0.2) is 0 Å². The Morgan fingerprint density at radius 3 is 2.91 bits per heavy atom. The number of carbonyl (C=O) groups is 2. The summed E-state index contributed by atoms with van der Waals surface area (Å²) in [7, 11) is 3.23. The molecule has 1 atom stereocenters. The van der Waals surface area contributed by atoms with E-state index in [-0.39, 0.29) is 17.7 Å². The Kier molecular flexibility index (Phi) is 5.20. The molecular formula is C17H22N2O3. The van der Waals surface area contributed by atoms with Crippen LogP contribution in [0.2, 0.25) is 0 Å². The third kappa shape index (κ3) is 3.30. The molecule has 1 unspecified atom stereocenters. The summed E-state index contributed by atoms with van der Waals surface area (Å²) in [6.45, 7) is 4.81. The summed E-state index contributed by atoms with van der Waals surface area (Å²) in [6.07, 6.45) is 3.13. The van der Waals surface area contributed by atoms with Crippen LogP contribution in [0.25, 0.3) is 0 Å². The summed E-state index contributed by atoms with van der Waals surface area (Å²) >= 11 is 0. The first-order valence-electron chi connectivity index (χ1n) is 7.39. The minimum absolute atomic E-state index is 0.00243. The van der Waals surface area contributed by atoms with E-state index in [9.17, 15) is 9.59 Å². The molecular weight excluding hydrogens is 280 g/mol. The highest BCUT2D eigenvalue weighted by atomic mass is 16.5. The third-order valence-electron chi connectivity index (χ3n) is 3.98. The van der Waals surface area contributed by atoms with E-state index >= 15 is 0 Å². The van der Waals surface area contributed by atoms with Crippen molar-refractivity contribution in [3.05, 3.63) is 42.0 Å². The molecule has 0 radical (unpaired) electrons. The van der Waals surface area contributed by atoms with Crippen molar-refractivity contribution in [2.45, 2.75) is 12.8 Å². The lowest BCUT2D eigenvalue weighted by Crippen LogP contribution is -2.33. The fourth-order valence-corrected chi connectivity index (χ4v) is 2.77. The van der Waals surface area contributed by atoms with Crippen LogP contribution in [0, 0.1) is 5.92 Å². The molecule has 0 bridgehead atoms. The lowest BCUT2D eigenvalue weighted by Gasteiger charge is -2.17. The summed E-state index contributed by atoms with van der Waals surface area (Å²) in [6, 6.07) is 5.41. The number of rotatable bonds is 5. The molecule has 22 heavy (non-hydrogen) atoms. The van der Waals surface area contributed by atoms with Crippen molar-refractivity contribution >= 4 is 11.8 Å². The molecule has 1 N–H and O–H groups in total. The predicted molar refractivity (Wildman–Crippen MR) is 85.0 cm³/mol. The van der Waals surface area contributed by atoms with Crippen LogP contribution in [0.15, 0.2) is 30.9 Å². The SMILES string of the molecule is C=CCc1cc(C(=O)N2CCC(C(=O)NC)C2)ccc1OC. The van der Waals surface area contributed by atoms with Gasteiger partial charge in [-0.15, -0.1) is 6.58 Å². The van der Waals surface area contributed by atoms with E-state index in [0.29, 0.717) is 31.5 Å². The number of allylic oxidation sites excluding steroid dienone is 1. The highest BCUT2D eigenvalue weighted by molar-refractivity contribution is 5.95. The van der Waals surface area contributed by atoms with E-state index < -0.39 is 0 Å². The van der Waals surface area contributed by atoms with Gasteiger partial charge in [-0.05, 0) is 36.6 Å². The first-order valence-corrected chi connectivity index (χ1v) is 7.39. The number of nitrogens with one attached hydrogen (secondary N) is 1. The lowest BCUT2D eigenvalue weighted by molar-refractivity contribution is -0.124. The Morgan fingerprint density at radius 2 is 2.27 bits per heavy atom. The first kappa shape index (κ1) is 16.1. The molecule has 1 aliphatic rings. The maximum absolute atomic E-state index is 12.6. The molecule has 1 saturated heterocycles. The average Bonchev–Trinajstić information content (AvgIpc) is 3.03. The standard InChI is InChI=1S/C17H22N2O3/c1-4-5-12-10-13(6-7-15(12)22-3)17(21)19-9-8-14(11-19)16(20)18-2/h4,6-7,10,14H,1,5,8-9,11H2,2-3H3,(H,18,20). The second-order valence-corrected chi connectivity index (χ2v) is 5.37. The van der Waals surface area contributed by atoms with Crippen LogP contribution in [-0.4, -0.2) is 44.0 Å². The predicted octanol–water partition coefficient (Wildman–Crippen LogP) is 1.63. The van der Waals surface area contributed by atoms with E-state index in [1.54, 1.807) is 37.3 Å². The van der Waals surface area contributed by atoms with E-state index in [0.717, 1.165) is 11.3 Å². The monoisotopic (exact) mass is 302 g/mol. The Morgan fingerprint density at radius 1 is 1.50 bits per heavy atom. The van der Waals surface area contributed by atoms with Gasteiger partial charge in [-0.2, -0.15) is 0 Å². The van der Waals surface area contributed by atoms with Crippen LogP contribution in [0.1, 0.15) is 22.3 Å². The zero-order valence-corrected chi connectivity index (χ0v) is 13.1. The first-order chi connectivity index (χ1) is 10.6. The van der Waals surface area contributed by atoms with Crippen LogP contribution >= 0.6 is 0 Å². The largest absolute Gasteiger partial charge is 0.496 e. The van der Waals surface area contributed by atoms with Crippen LogP contribution in [0.4, 0.5) is 0 Å². The number of hydrogen-bond acceptors (Lipinski definition) is 3. The molecule has 0 aliphatic carbocycles. The Balaban J connectivity index is 2.15. The number of nitrogens with zero attached hydrogens (tertiary/aromatic N) is 1. The molecule has 1 aliphatic heterocycles. The minimum atomic E-state index is -0.111. The van der Waals surface area contributed by atoms with Crippen LogP contribution in [0.3, 0.4) is 0 Å². The molecule has 0 saturated carbocycles. The van der Waals surface area contributed by atoms with Crippen LogP contribution in [0.5, 0.6) is 5.75 Å². The summed E-state index contributed by atoms with van der Waals surface area (Å²) in [5, 5.41) is 2.64. The fraction of sp³-hybridized carbons (Fsp3) is 0.412. The van der Waals surface area contributed by atoms with Crippen molar-refractivity contribution in [1.82, 2.24) is 10.2 Å². The van der Waals surface area contributed by atoms with Crippen molar-refractivity contribution in [3.8, 4) is 5.75 Å². The molecule has 1 heterocycles. The summed E-state index contributed by atoms with van der Waals surface area (Å²) in [5.41, 5.74) is 1.56. The van der Waals surface area contributed by atoms with Gasteiger partial charge in [0.25, 0.3) is 5.91 Å². The number of methoxy groups -OCH3 is 1. The lowest BCUT2D eigenvalue weighted by atomic mass is 10.1. The molecule has 0 aromatic heterocycles. The maximum atomic E-state index is 12.6. The Hall–Kier alpha value is -2.30. The van der Waals surface area contributed by atoms with Crippen molar-refractivity contribution in [2.24, 2.45) is 5.92 Å². The summed E-state index contributed by atoms with van der Waals surface area (Å²) < 4.78 is 5.30. The van der Waals surface area contributed by atoms with Gasteiger partial charge in [-0.3, -0.25) is 9.59 Å². The molecule has 5 heteroatoms. The quantitative estimate of drug-likeness (QED) is 0.841. The maximum Gasteiger partial charge on any atom is 0.253 e.